The Morgan fingerprint density at radius 1 is 1.29 bits per heavy atom. The smallest absolute Gasteiger partial charge is 0.446 e. The molecule has 0 unspecified atom stereocenters. The number of benzene rings is 1. The third kappa shape index (κ3) is 3.54. The van der Waals surface area contributed by atoms with Crippen molar-refractivity contribution in [2.75, 3.05) is 0 Å². The van der Waals surface area contributed by atoms with E-state index in [1.54, 1.807) is 0 Å². The van der Waals surface area contributed by atoms with Crippen LogP contribution in [0.3, 0.4) is 0 Å². The molecule has 0 amide bonds. The Bertz CT molecular complexity index is 573. The van der Waals surface area contributed by atoms with Crippen LogP contribution in [0.2, 0.25) is 0 Å². The van der Waals surface area contributed by atoms with Crippen LogP contribution in [0.4, 0.5) is 0 Å². The lowest BCUT2D eigenvalue weighted by atomic mass is 10.1. The summed E-state index contributed by atoms with van der Waals surface area (Å²) in [5, 5.41) is 8.68. The van der Waals surface area contributed by atoms with E-state index in [1.807, 2.05) is 0 Å². The van der Waals surface area contributed by atoms with E-state index in [0.717, 1.165) is 25.1 Å². The van der Waals surface area contributed by atoms with E-state index in [9.17, 15) is 18.0 Å². The fourth-order valence-electron chi connectivity index (χ4n) is 1.13. The molecule has 92 valence electrons. The fourth-order valence-corrected chi connectivity index (χ4v) is 1.49. The lowest BCUT2D eigenvalue weighted by Crippen LogP contribution is -2.10. The second-order valence-electron chi connectivity index (χ2n) is 3.08. The van der Waals surface area contributed by atoms with Crippen LogP contribution in [0.25, 0.3) is 0 Å². The van der Waals surface area contributed by atoms with Gasteiger partial charge in [-0.3, -0.25) is 9.35 Å². The van der Waals surface area contributed by atoms with Gasteiger partial charge in [-0.05, 0) is 25.1 Å². The molecule has 0 aromatic heterocycles. The molecule has 0 saturated heterocycles. The van der Waals surface area contributed by atoms with Crippen LogP contribution < -0.4 is 4.18 Å². The van der Waals surface area contributed by atoms with E-state index in [1.165, 1.54) is 0 Å². The van der Waals surface area contributed by atoms with Crippen LogP contribution in [0.15, 0.2) is 18.2 Å². The second kappa shape index (κ2) is 4.52. The highest BCUT2D eigenvalue weighted by atomic mass is 32.3. The van der Waals surface area contributed by atoms with Crippen LogP contribution in [-0.4, -0.2) is 29.8 Å². The quantitative estimate of drug-likeness (QED) is 0.606. The van der Waals surface area contributed by atoms with Crippen LogP contribution in [0.5, 0.6) is 5.75 Å². The number of carboxylic acid groups (broad SMARTS) is 1. The summed E-state index contributed by atoms with van der Waals surface area (Å²) in [5.41, 5.74) is -0.415. The number of hydrogen-bond acceptors (Lipinski definition) is 5. The highest BCUT2D eigenvalue weighted by Gasteiger charge is 2.17. The van der Waals surface area contributed by atoms with Crippen molar-refractivity contribution in [3.05, 3.63) is 29.3 Å². The molecule has 0 aliphatic heterocycles. The summed E-state index contributed by atoms with van der Waals surface area (Å²) in [4.78, 5) is 21.8. The lowest BCUT2D eigenvalue weighted by molar-refractivity contribution is 0.0696. The van der Waals surface area contributed by atoms with Crippen LogP contribution in [0.1, 0.15) is 27.6 Å². The highest BCUT2D eigenvalue weighted by molar-refractivity contribution is 7.81. The number of Topliss-reactive ketones (excluding diaryl/α,β-unsaturated/α-hetero) is 1. The summed E-state index contributed by atoms with van der Waals surface area (Å²) < 4.78 is 33.7. The number of carbonyl (C=O) groups is 2. The highest BCUT2D eigenvalue weighted by Crippen LogP contribution is 2.22. The maximum Gasteiger partial charge on any atom is 0.446 e. The molecule has 1 rings (SSSR count). The first kappa shape index (κ1) is 13.1. The van der Waals surface area contributed by atoms with E-state index < -0.39 is 27.9 Å². The van der Waals surface area contributed by atoms with Gasteiger partial charge >= 0.3 is 16.4 Å². The molecule has 0 heterocycles. The van der Waals surface area contributed by atoms with E-state index in [0.29, 0.717) is 0 Å². The zero-order valence-corrected chi connectivity index (χ0v) is 9.39. The van der Waals surface area contributed by atoms with Gasteiger partial charge in [0.1, 0.15) is 0 Å². The number of carbonyl (C=O) groups excluding carboxylic acids is 1. The monoisotopic (exact) mass is 260 g/mol. The van der Waals surface area contributed by atoms with Crippen molar-refractivity contribution < 1.29 is 31.8 Å². The Morgan fingerprint density at radius 3 is 2.29 bits per heavy atom. The Kier molecular flexibility index (Phi) is 3.49. The molecular weight excluding hydrogens is 252 g/mol. The van der Waals surface area contributed by atoms with Crippen molar-refractivity contribution in [1.29, 1.82) is 0 Å². The van der Waals surface area contributed by atoms with E-state index in [4.69, 9.17) is 9.66 Å². The van der Waals surface area contributed by atoms with Crippen molar-refractivity contribution >= 4 is 22.2 Å². The first-order valence-corrected chi connectivity index (χ1v) is 5.62. The molecule has 0 radical (unpaired) electrons. The second-order valence-corrected chi connectivity index (χ2v) is 4.11. The van der Waals surface area contributed by atoms with Crippen molar-refractivity contribution in [3.63, 3.8) is 0 Å². The maximum atomic E-state index is 11.1. The largest absolute Gasteiger partial charge is 0.478 e. The molecule has 0 aliphatic rings. The summed E-state index contributed by atoms with van der Waals surface area (Å²) >= 11 is 0. The molecule has 17 heavy (non-hydrogen) atoms. The van der Waals surface area contributed by atoms with E-state index in [2.05, 4.69) is 4.18 Å². The molecule has 2 N–H and O–H groups in total. The molecular formula is C9H8O7S. The minimum Gasteiger partial charge on any atom is -0.478 e. The molecule has 1 aromatic carbocycles. The zero-order chi connectivity index (χ0) is 13.2. The van der Waals surface area contributed by atoms with Crippen molar-refractivity contribution in [2.24, 2.45) is 0 Å². The topological polar surface area (TPSA) is 118 Å². The van der Waals surface area contributed by atoms with Gasteiger partial charge in [0, 0.05) is 0 Å². The summed E-state index contributed by atoms with van der Waals surface area (Å²) in [7, 11) is -4.82. The third-order valence-electron chi connectivity index (χ3n) is 1.80. The van der Waals surface area contributed by atoms with Crippen molar-refractivity contribution in [1.82, 2.24) is 0 Å². The average Bonchev–Trinajstić information content (AvgIpc) is 2.14. The Labute approximate surface area is 96.6 Å². The fraction of sp³-hybridized carbons (Fsp3) is 0.111. The summed E-state index contributed by atoms with van der Waals surface area (Å²) in [5.74, 6) is -2.37. The molecule has 0 saturated carbocycles. The molecule has 0 spiro atoms. The van der Waals surface area contributed by atoms with Gasteiger partial charge in [0.25, 0.3) is 0 Å². The minimum atomic E-state index is -4.82. The molecule has 0 bridgehead atoms. The number of ketones is 1. The third-order valence-corrected chi connectivity index (χ3v) is 2.19. The Balaban J connectivity index is 3.35. The van der Waals surface area contributed by atoms with Crippen molar-refractivity contribution in [3.8, 4) is 5.75 Å². The Morgan fingerprint density at radius 2 is 1.88 bits per heavy atom. The normalized spacial score (nSPS) is 10.9. The predicted octanol–water partition coefficient (Wildman–Crippen LogP) is 0.769. The average molecular weight is 260 g/mol. The van der Waals surface area contributed by atoms with Gasteiger partial charge < -0.3 is 9.29 Å². The number of aromatic carboxylic acids is 1. The van der Waals surface area contributed by atoms with Gasteiger partial charge in [0.05, 0.1) is 11.1 Å². The van der Waals surface area contributed by atoms with Crippen LogP contribution >= 0.6 is 0 Å². The van der Waals surface area contributed by atoms with Crippen LogP contribution in [-0.2, 0) is 10.4 Å². The number of carboxylic acids is 1. The number of rotatable bonds is 4. The van der Waals surface area contributed by atoms with Gasteiger partial charge in [-0.2, -0.15) is 8.42 Å². The molecule has 0 fully saturated rings. The van der Waals surface area contributed by atoms with Gasteiger partial charge in [-0.15, -0.1) is 0 Å². The van der Waals surface area contributed by atoms with Gasteiger partial charge in [0.2, 0.25) is 0 Å². The summed E-state index contributed by atoms with van der Waals surface area (Å²) in [6.45, 7) is 1.15. The molecule has 8 heteroatoms. The molecule has 7 nitrogen and oxygen atoms in total. The summed E-state index contributed by atoms with van der Waals surface area (Å²) in [6.07, 6.45) is 0. The van der Waals surface area contributed by atoms with Crippen molar-refractivity contribution in [2.45, 2.75) is 6.92 Å². The predicted molar refractivity (Wildman–Crippen MR) is 55.6 cm³/mol. The SMILES string of the molecule is CC(=O)c1ccc(C(=O)O)cc1OS(=O)(=O)O. The minimum absolute atomic E-state index is 0.146. The summed E-state index contributed by atoms with van der Waals surface area (Å²) in [6, 6.07) is 3.06. The van der Waals surface area contributed by atoms with Gasteiger partial charge in [0.15, 0.2) is 11.5 Å². The first-order valence-electron chi connectivity index (χ1n) is 4.26. The number of hydrogen-bond donors (Lipinski definition) is 2. The van der Waals surface area contributed by atoms with Crippen LogP contribution in [0, 0.1) is 0 Å². The molecule has 1 aromatic rings. The van der Waals surface area contributed by atoms with Gasteiger partial charge in [-0.1, -0.05) is 0 Å². The molecule has 0 aliphatic carbocycles. The molecule has 0 atom stereocenters. The van der Waals surface area contributed by atoms with E-state index >= 15 is 0 Å². The van der Waals surface area contributed by atoms with Gasteiger partial charge in [-0.25, -0.2) is 4.79 Å². The zero-order valence-electron chi connectivity index (χ0n) is 8.58. The standard InChI is InChI=1S/C9H8O7S/c1-5(10)7-3-2-6(9(11)12)4-8(7)16-17(13,14)15/h2-4H,1H3,(H,11,12)(H,13,14,15). The van der Waals surface area contributed by atoms with E-state index in [-0.39, 0.29) is 11.1 Å². The maximum absolute atomic E-state index is 11.1. The Hall–Kier alpha value is -1.93. The lowest BCUT2D eigenvalue weighted by Gasteiger charge is -2.07. The first-order chi connectivity index (χ1) is 7.70.